The van der Waals surface area contributed by atoms with Gasteiger partial charge < -0.3 is 14.1 Å². The van der Waals surface area contributed by atoms with Gasteiger partial charge in [0.15, 0.2) is 0 Å². The molecule has 2 rings (SSSR count). The monoisotopic (exact) mass is 273 g/mol. The Morgan fingerprint density at radius 1 is 1.25 bits per heavy atom. The summed E-state index contributed by atoms with van der Waals surface area (Å²) >= 11 is 0. The number of para-hydroxylation sites is 1. The fourth-order valence-corrected chi connectivity index (χ4v) is 1.97. The minimum Gasteiger partial charge on any atom is -0.492 e. The van der Waals surface area contributed by atoms with E-state index in [9.17, 15) is 4.79 Å². The Morgan fingerprint density at radius 3 is 2.60 bits per heavy atom. The van der Waals surface area contributed by atoms with E-state index >= 15 is 0 Å². The number of amides is 1. The SMILES string of the molecule is CCN(CCOc1ccccc1)C(=O)c1ccoc1C. The fraction of sp³-hybridized carbons (Fsp3) is 0.312. The Morgan fingerprint density at radius 2 is 2.00 bits per heavy atom. The van der Waals surface area contributed by atoms with Crippen LogP contribution < -0.4 is 4.74 Å². The maximum absolute atomic E-state index is 12.3. The Kier molecular flexibility index (Phi) is 4.82. The van der Waals surface area contributed by atoms with Gasteiger partial charge in [-0.05, 0) is 32.0 Å². The molecular weight excluding hydrogens is 254 g/mol. The summed E-state index contributed by atoms with van der Waals surface area (Å²) in [5.41, 5.74) is 0.617. The van der Waals surface area contributed by atoms with Crippen molar-refractivity contribution in [2.75, 3.05) is 19.7 Å². The molecule has 106 valence electrons. The van der Waals surface area contributed by atoms with E-state index in [-0.39, 0.29) is 5.91 Å². The van der Waals surface area contributed by atoms with E-state index in [1.807, 2.05) is 37.3 Å². The average molecular weight is 273 g/mol. The first-order valence-corrected chi connectivity index (χ1v) is 6.73. The maximum atomic E-state index is 12.3. The summed E-state index contributed by atoms with van der Waals surface area (Å²) in [6, 6.07) is 11.3. The van der Waals surface area contributed by atoms with Gasteiger partial charge in [0.05, 0.1) is 18.4 Å². The molecule has 0 radical (unpaired) electrons. The predicted octanol–water partition coefficient (Wildman–Crippen LogP) is 3.13. The Bertz CT molecular complexity index is 548. The summed E-state index contributed by atoms with van der Waals surface area (Å²) in [5, 5.41) is 0. The largest absolute Gasteiger partial charge is 0.492 e. The molecule has 0 bridgehead atoms. The lowest BCUT2D eigenvalue weighted by Crippen LogP contribution is -2.34. The molecule has 1 aromatic carbocycles. The van der Waals surface area contributed by atoms with E-state index in [0.717, 1.165) is 5.75 Å². The Balaban J connectivity index is 1.90. The van der Waals surface area contributed by atoms with E-state index in [1.165, 1.54) is 6.26 Å². The number of carbonyl (C=O) groups excluding carboxylic acids is 1. The first kappa shape index (κ1) is 14.2. The molecule has 4 nitrogen and oxygen atoms in total. The molecule has 4 heteroatoms. The van der Waals surface area contributed by atoms with E-state index in [2.05, 4.69) is 0 Å². The van der Waals surface area contributed by atoms with E-state index in [0.29, 0.717) is 31.0 Å². The highest BCUT2D eigenvalue weighted by atomic mass is 16.5. The highest BCUT2D eigenvalue weighted by Gasteiger charge is 2.17. The van der Waals surface area contributed by atoms with Crippen molar-refractivity contribution in [3.05, 3.63) is 54.0 Å². The standard InChI is InChI=1S/C16H19NO3/c1-3-17(16(18)15-9-11-19-13(15)2)10-12-20-14-7-5-4-6-8-14/h4-9,11H,3,10,12H2,1-2H3. The number of likely N-dealkylation sites (N-methyl/N-ethyl adjacent to an activating group) is 1. The number of hydrogen-bond donors (Lipinski definition) is 0. The molecule has 20 heavy (non-hydrogen) atoms. The van der Waals surface area contributed by atoms with Crippen molar-refractivity contribution in [1.82, 2.24) is 4.90 Å². The molecular formula is C16H19NO3. The van der Waals surface area contributed by atoms with Gasteiger partial charge in [-0.3, -0.25) is 4.79 Å². The maximum Gasteiger partial charge on any atom is 0.257 e. The summed E-state index contributed by atoms with van der Waals surface area (Å²) < 4.78 is 10.8. The van der Waals surface area contributed by atoms with Crippen molar-refractivity contribution in [1.29, 1.82) is 0 Å². The van der Waals surface area contributed by atoms with Gasteiger partial charge >= 0.3 is 0 Å². The molecule has 0 unspecified atom stereocenters. The molecule has 0 aliphatic carbocycles. The quantitative estimate of drug-likeness (QED) is 0.812. The van der Waals surface area contributed by atoms with Crippen LogP contribution in [0.5, 0.6) is 5.75 Å². The van der Waals surface area contributed by atoms with Crippen LogP contribution in [0, 0.1) is 6.92 Å². The Hall–Kier alpha value is -2.23. The number of furan rings is 1. The lowest BCUT2D eigenvalue weighted by atomic mass is 10.2. The highest BCUT2D eigenvalue weighted by Crippen LogP contribution is 2.12. The molecule has 0 spiro atoms. The van der Waals surface area contributed by atoms with Crippen LogP contribution in [-0.2, 0) is 0 Å². The zero-order valence-corrected chi connectivity index (χ0v) is 11.8. The van der Waals surface area contributed by atoms with Gasteiger partial charge in [0, 0.05) is 6.54 Å². The molecule has 0 aliphatic heterocycles. The summed E-state index contributed by atoms with van der Waals surface area (Å²) in [4.78, 5) is 14.1. The van der Waals surface area contributed by atoms with Crippen LogP contribution in [0.4, 0.5) is 0 Å². The zero-order valence-electron chi connectivity index (χ0n) is 11.8. The summed E-state index contributed by atoms with van der Waals surface area (Å²) in [6.45, 7) is 5.41. The van der Waals surface area contributed by atoms with Gasteiger partial charge in [0.1, 0.15) is 18.1 Å². The van der Waals surface area contributed by atoms with Gasteiger partial charge in [0.25, 0.3) is 5.91 Å². The fourth-order valence-electron chi connectivity index (χ4n) is 1.97. The van der Waals surface area contributed by atoms with Gasteiger partial charge in [0.2, 0.25) is 0 Å². The van der Waals surface area contributed by atoms with Crippen LogP contribution in [0.25, 0.3) is 0 Å². The van der Waals surface area contributed by atoms with Gasteiger partial charge in [-0.15, -0.1) is 0 Å². The smallest absolute Gasteiger partial charge is 0.257 e. The third-order valence-electron chi connectivity index (χ3n) is 3.13. The molecule has 1 aromatic heterocycles. The van der Waals surface area contributed by atoms with Crippen LogP contribution in [0.1, 0.15) is 23.0 Å². The first-order valence-electron chi connectivity index (χ1n) is 6.73. The summed E-state index contributed by atoms with van der Waals surface area (Å²) in [7, 11) is 0. The summed E-state index contributed by atoms with van der Waals surface area (Å²) in [5.74, 6) is 1.45. The topological polar surface area (TPSA) is 42.7 Å². The second-order valence-electron chi connectivity index (χ2n) is 4.44. The van der Waals surface area contributed by atoms with Gasteiger partial charge in [-0.1, -0.05) is 18.2 Å². The molecule has 1 amide bonds. The normalized spacial score (nSPS) is 10.3. The van der Waals surface area contributed by atoms with Crippen LogP contribution >= 0.6 is 0 Å². The van der Waals surface area contributed by atoms with Crippen molar-refractivity contribution in [3.8, 4) is 5.75 Å². The predicted molar refractivity (Wildman–Crippen MR) is 77.0 cm³/mol. The number of rotatable bonds is 6. The molecule has 0 saturated heterocycles. The lowest BCUT2D eigenvalue weighted by Gasteiger charge is -2.20. The third-order valence-corrected chi connectivity index (χ3v) is 3.13. The number of aryl methyl sites for hydroxylation is 1. The van der Waals surface area contributed by atoms with Crippen LogP contribution in [0.3, 0.4) is 0 Å². The van der Waals surface area contributed by atoms with Crippen molar-refractivity contribution in [3.63, 3.8) is 0 Å². The molecule has 0 atom stereocenters. The van der Waals surface area contributed by atoms with Crippen LogP contribution in [-0.4, -0.2) is 30.5 Å². The highest BCUT2D eigenvalue weighted by molar-refractivity contribution is 5.95. The Labute approximate surface area is 119 Å². The molecule has 1 heterocycles. The van der Waals surface area contributed by atoms with Gasteiger partial charge in [-0.25, -0.2) is 0 Å². The lowest BCUT2D eigenvalue weighted by molar-refractivity contribution is 0.0738. The average Bonchev–Trinajstić information content (AvgIpc) is 2.90. The molecule has 2 aromatic rings. The second kappa shape index (κ2) is 6.80. The van der Waals surface area contributed by atoms with Crippen molar-refractivity contribution >= 4 is 5.91 Å². The van der Waals surface area contributed by atoms with Crippen molar-refractivity contribution < 1.29 is 13.9 Å². The van der Waals surface area contributed by atoms with E-state index < -0.39 is 0 Å². The minimum atomic E-state index is -0.0181. The summed E-state index contributed by atoms with van der Waals surface area (Å²) in [6.07, 6.45) is 1.54. The zero-order chi connectivity index (χ0) is 14.4. The third kappa shape index (κ3) is 3.41. The van der Waals surface area contributed by atoms with E-state index in [4.69, 9.17) is 9.15 Å². The van der Waals surface area contributed by atoms with Crippen molar-refractivity contribution in [2.24, 2.45) is 0 Å². The van der Waals surface area contributed by atoms with Gasteiger partial charge in [-0.2, -0.15) is 0 Å². The molecule has 0 fully saturated rings. The number of carbonyl (C=O) groups is 1. The van der Waals surface area contributed by atoms with E-state index in [1.54, 1.807) is 17.9 Å². The molecule has 0 saturated carbocycles. The first-order chi connectivity index (χ1) is 9.72. The molecule has 0 aliphatic rings. The number of ether oxygens (including phenoxy) is 1. The second-order valence-corrected chi connectivity index (χ2v) is 4.44. The molecule has 0 N–H and O–H groups in total. The number of benzene rings is 1. The van der Waals surface area contributed by atoms with Crippen LogP contribution in [0.15, 0.2) is 47.1 Å². The number of nitrogens with zero attached hydrogens (tertiary/aromatic N) is 1. The minimum absolute atomic E-state index is 0.0181. The van der Waals surface area contributed by atoms with Crippen molar-refractivity contribution in [2.45, 2.75) is 13.8 Å². The number of hydrogen-bond acceptors (Lipinski definition) is 3. The van der Waals surface area contributed by atoms with Crippen LogP contribution in [0.2, 0.25) is 0 Å².